The first kappa shape index (κ1) is 24.8. The Morgan fingerprint density at radius 3 is 2.46 bits per heavy atom. The summed E-state index contributed by atoms with van der Waals surface area (Å²) in [6.45, 7) is 5.50. The van der Waals surface area contributed by atoms with Gasteiger partial charge in [-0.25, -0.2) is 13.6 Å². The Kier molecular flexibility index (Phi) is 6.42. The molecule has 4 rings (SSSR count). The molecular formula is C27H30F2N2O4. The van der Waals surface area contributed by atoms with E-state index in [0.717, 1.165) is 23.8 Å². The van der Waals surface area contributed by atoms with Crippen molar-refractivity contribution in [1.29, 1.82) is 0 Å². The van der Waals surface area contributed by atoms with Crippen molar-refractivity contribution in [2.24, 2.45) is 5.92 Å². The molecule has 1 aliphatic heterocycles. The maximum absolute atomic E-state index is 14.7. The smallest absolute Gasteiger partial charge is 0.410 e. The van der Waals surface area contributed by atoms with E-state index in [1.807, 2.05) is 30.3 Å². The number of piperidine rings is 1. The number of amides is 2. The summed E-state index contributed by atoms with van der Waals surface area (Å²) >= 11 is 0. The molecule has 6 nitrogen and oxygen atoms in total. The lowest BCUT2D eigenvalue weighted by molar-refractivity contribution is -0.136. The Morgan fingerprint density at radius 1 is 1.11 bits per heavy atom. The number of benzene rings is 2. The predicted molar refractivity (Wildman–Crippen MR) is 125 cm³/mol. The predicted octanol–water partition coefficient (Wildman–Crippen LogP) is 4.46. The van der Waals surface area contributed by atoms with Crippen LogP contribution in [0.25, 0.3) is 0 Å². The monoisotopic (exact) mass is 484 g/mol. The summed E-state index contributed by atoms with van der Waals surface area (Å²) in [6, 6.07) is 11.7. The molecule has 2 aliphatic rings. The van der Waals surface area contributed by atoms with Crippen LogP contribution in [0.4, 0.5) is 13.6 Å². The zero-order valence-corrected chi connectivity index (χ0v) is 20.4. The molecule has 3 atom stereocenters. The highest BCUT2D eigenvalue weighted by atomic mass is 19.1. The van der Waals surface area contributed by atoms with Crippen LogP contribution in [0.5, 0.6) is 0 Å². The van der Waals surface area contributed by atoms with E-state index in [2.05, 4.69) is 0 Å². The molecule has 0 N–H and O–H groups in total. The van der Waals surface area contributed by atoms with Gasteiger partial charge >= 0.3 is 6.09 Å². The third-order valence-electron chi connectivity index (χ3n) is 6.74. The van der Waals surface area contributed by atoms with E-state index < -0.39 is 52.9 Å². The average Bonchev–Trinajstić information content (AvgIpc) is 3.39. The number of carbonyl (C=O) groups excluding carboxylic acids is 3. The van der Waals surface area contributed by atoms with E-state index in [1.165, 1.54) is 9.80 Å². The molecule has 1 aliphatic carbocycles. The molecule has 0 aromatic heterocycles. The summed E-state index contributed by atoms with van der Waals surface area (Å²) in [6.07, 6.45) is -0.674. The third kappa shape index (κ3) is 5.06. The van der Waals surface area contributed by atoms with E-state index in [-0.39, 0.29) is 18.0 Å². The van der Waals surface area contributed by atoms with Gasteiger partial charge in [0.25, 0.3) is 0 Å². The molecule has 0 radical (unpaired) electrons. The van der Waals surface area contributed by atoms with Crippen molar-refractivity contribution in [3.05, 3.63) is 71.3 Å². The van der Waals surface area contributed by atoms with Gasteiger partial charge in [-0.15, -0.1) is 0 Å². The molecule has 0 bridgehead atoms. The number of carbonyl (C=O) groups is 3. The van der Waals surface area contributed by atoms with Gasteiger partial charge in [-0.2, -0.15) is 0 Å². The van der Waals surface area contributed by atoms with Crippen molar-refractivity contribution < 1.29 is 27.9 Å². The molecular weight excluding hydrogens is 454 g/mol. The molecule has 186 valence electrons. The number of nitrogens with zero attached hydrogens (tertiary/aromatic N) is 2. The highest BCUT2D eigenvalue weighted by Crippen LogP contribution is 2.63. The number of hydrogen-bond acceptors (Lipinski definition) is 4. The molecule has 2 aromatic carbocycles. The highest BCUT2D eigenvalue weighted by molar-refractivity contribution is 6.02. The largest absolute Gasteiger partial charge is 0.444 e. The van der Waals surface area contributed by atoms with Crippen molar-refractivity contribution in [2.75, 3.05) is 13.6 Å². The number of rotatable bonds is 6. The van der Waals surface area contributed by atoms with Gasteiger partial charge in [0.1, 0.15) is 17.2 Å². The molecule has 8 heteroatoms. The Bertz CT molecular complexity index is 1150. The van der Waals surface area contributed by atoms with Crippen molar-refractivity contribution >= 4 is 17.8 Å². The van der Waals surface area contributed by atoms with E-state index >= 15 is 0 Å². The first-order chi connectivity index (χ1) is 16.4. The summed E-state index contributed by atoms with van der Waals surface area (Å²) in [5, 5.41) is 0. The van der Waals surface area contributed by atoms with Crippen LogP contribution in [0.15, 0.2) is 48.5 Å². The van der Waals surface area contributed by atoms with Crippen LogP contribution in [0.3, 0.4) is 0 Å². The molecule has 1 saturated heterocycles. The summed E-state index contributed by atoms with van der Waals surface area (Å²) in [5.41, 5.74) is -0.600. The lowest BCUT2D eigenvalue weighted by Crippen LogP contribution is -2.47. The van der Waals surface area contributed by atoms with Gasteiger partial charge < -0.3 is 9.64 Å². The number of ether oxygens (including phenoxy) is 1. The van der Waals surface area contributed by atoms with Crippen LogP contribution in [0.1, 0.15) is 44.7 Å². The van der Waals surface area contributed by atoms with Gasteiger partial charge in [0, 0.05) is 25.6 Å². The van der Waals surface area contributed by atoms with Gasteiger partial charge in [0.15, 0.2) is 5.78 Å². The standard InChI is InChI=1S/C27H30F2N2O4/c1-26(2,3)35-25(34)31-16-27(19-12-18(28)10-11-21(19)29)14-20(27)24(31)22(32)13-23(33)30(4)15-17-8-6-5-7-9-17/h5-12,20,24H,13-16H2,1-4H3/t20-,24+,27-/m0/s1. The van der Waals surface area contributed by atoms with E-state index in [1.54, 1.807) is 27.8 Å². The molecule has 0 spiro atoms. The Morgan fingerprint density at radius 2 is 1.80 bits per heavy atom. The van der Waals surface area contributed by atoms with Crippen molar-refractivity contribution in [2.45, 2.75) is 57.2 Å². The zero-order chi connectivity index (χ0) is 25.5. The van der Waals surface area contributed by atoms with Gasteiger partial charge in [0.2, 0.25) is 5.91 Å². The second-order valence-corrected chi connectivity index (χ2v) is 10.5. The Balaban J connectivity index is 1.56. The minimum Gasteiger partial charge on any atom is -0.444 e. The second-order valence-electron chi connectivity index (χ2n) is 10.5. The SMILES string of the molecule is CN(Cc1ccccc1)C(=O)CC(=O)[C@H]1[C@@H]2C[C@@]2(c2cc(F)ccc2F)CN1C(=O)OC(C)(C)C. The maximum atomic E-state index is 14.7. The number of hydrogen-bond donors (Lipinski definition) is 0. The second kappa shape index (κ2) is 9.06. The summed E-state index contributed by atoms with van der Waals surface area (Å²) in [4.78, 5) is 42.0. The zero-order valence-electron chi connectivity index (χ0n) is 20.4. The van der Waals surface area contributed by atoms with Gasteiger partial charge in [0.05, 0.1) is 12.5 Å². The molecule has 1 saturated carbocycles. The fourth-order valence-electron chi connectivity index (χ4n) is 5.05. The molecule has 2 amide bonds. The van der Waals surface area contributed by atoms with Gasteiger partial charge in [-0.05, 0) is 62.4 Å². The normalized spacial score (nSPS) is 23.0. The van der Waals surface area contributed by atoms with Crippen LogP contribution < -0.4 is 0 Å². The fraction of sp³-hybridized carbons (Fsp3) is 0.444. The van der Waals surface area contributed by atoms with E-state index in [9.17, 15) is 23.2 Å². The minimum atomic E-state index is -0.943. The molecule has 35 heavy (non-hydrogen) atoms. The first-order valence-corrected chi connectivity index (χ1v) is 11.7. The van der Waals surface area contributed by atoms with E-state index in [0.29, 0.717) is 13.0 Å². The molecule has 0 unspecified atom stereocenters. The van der Waals surface area contributed by atoms with Crippen molar-refractivity contribution in [3.63, 3.8) is 0 Å². The molecule has 2 aromatic rings. The van der Waals surface area contributed by atoms with Crippen molar-refractivity contribution in [1.82, 2.24) is 9.80 Å². The van der Waals surface area contributed by atoms with Crippen molar-refractivity contribution in [3.8, 4) is 0 Å². The first-order valence-electron chi connectivity index (χ1n) is 11.7. The third-order valence-corrected chi connectivity index (χ3v) is 6.74. The lowest BCUT2D eigenvalue weighted by Gasteiger charge is -2.30. The number of halogens is 2. The summed E-state index contributed by atoms with van der Waals surface area (Å²) < 4.78 is 34.2. The number of Topliss-reactive ketones (excluding diaryl/α,β-unsaturated/α-hetero) is 1. The summed E-state index contributed by atoms with van der Waals surface area (Å²) in [7, 11) is 1.62. The van der Waals surface area contributed by atoms with E-state index in [4.69, 9.17) is 4.74 Å². The lowest BCUT2D eigenvalue weighted by atomic mass is 9.92. The van der Waals surface area contributed by atoms with Crippen LogP contribution in [-0.2, 0) is 26.3 Å². The van der Waals surface area contributed by atoms with Crippen LogP contribution >= 0.6 is 0 Å². The molecule has 1 heterocycles. The summed E-state index contributed by atoms with van der Waals surface area (Å²) in [5.74, 6) is -2.38. The maximum Gasteiger partial charge on any atom is 0.410 e. The van der Waals surface area contributed by atoms with Gasteiger partial charge in [-0.1, -0.05) is 30.3 Å². The van der Waals surface area contributed by atoms with Crippen LogP contribution in [0.2, 0.25) is 0 Å². The minimum absolute atomic E-state index is 0.0252. The number of fused-ring (bicyclic) bond motifs is 1. The highest BCUT2D eigenvalue weighted by Gasteiger charge is 2.69. The van der Waals surface area contributed by atoms with Crippen LogP contribution in [-0.4, -0.2) is 52.8 Å². The fourth-order valence-corrected chi connectivity index (χ4v) is 5.05. The van der Waals surface area contributed by atoms with Crippen LogP contribution in [0, 0.1) is 17.6 Å². The Hall–Kier alpha value is -3.29. The average molecular weight is 485 g/mol. The van der Waals surface area contributed by atoms with Gasteiger partial charge in [-0.3, -0.25) is 14.5 Å². The number of ketones is 1. The molecule has 2 fully saturated rings. The topological polar surface area (TPSA) is 66.9 Å². The quantitative estimate of drug-likeness (QED) is 0.568. The Labute approximate surface area is 203 Å². The number of likely N-dealkylation sites (tertiary alicyclic amines) is 1.